The van der Waals surface area contributed by atoms with E-state index in [0.717, 1.165) is 0 Å². The van der Waals surface area contributed by atoms with E-state index in [-0.39, 0.29) is 22.3 Å². The van der Waals surface area contributed by atoms with Crippen molar-refractivity contribution in [2.75, 3.05) is 19.1 Å². The lowest BCUT2D eigenvalue weighted by atomic mass is 10.1. The molecule has 0 unspecified atom stereocenters. The highest BCUT2D eigenvalue weighted by Gasteiger charge is 2.31. The summed E-state index contributed by atoms with van der Waals surface area (Å²) in [6.45, 7) is 1.64. The van der Waals surface area contributed by atoms with Gasteiger partial charge in [0.2, 0.25) is 10.0 Å². The molecule has 28 heavy (non-hydrogen) atoms. The number of fused-ring (bicyclic) bond motifs is 1. The van der Waals surface area contributed by atoms with Crippen LogP contribution in [0.5, 0.6) is 5.75 Å². The summed E-state index contributed by atoms with van der Waals surface area (Å²) in [6, 6.07) is 9.52. The second kappa shape index (κ2) is 7.34. The number of nitrogens with two attached hydrogens (primary N) is 1. The monoisotopic (exact) mass is 420 g/mol. The van der Waals surface area contributed by atoms with Gasteiger partial charge in [-0.25, -0.2) is 13.6 Å². The minimum Gasteiger partial charge on any atom is -0.495 e. The largest absolute Gasteiger partial charge is 0.495 e. The first-order chi connectivity index (χ1) is 13.1. The Morgan fingerprint density at radius 3 is 2.57 bits per heavy atom. The summed E-state index contributed by atoms with van der Waals surface area (Å²) in [4.78, 5) is 13.8. The quantitative estimate of drug-likeness (QED) is 0.603. The van der Waals surface area contributed by atoms with Gasteiger partial charge in [-0.15, -0.1) is 5.10 Å². The number of halogens is 1. The standard InChI is InChI=1S/C18H17ClN4O4S/c1-10(11-4-7-15(27-3)16(8-11)28(20,25)26)21-22-17-13-9-12(19)5-6-14(13)23(2)18(17)24/h4-9H,1-3H3,(H2,20,25,26)/b21-10+,22-17?. The van der Waals surface area contributed by atoms with Crippen molar-refractivity contribution in [3.63, 3.8) is 0 Å². The van der Waals surface area contributed by atoms with Gasteiger partial charge in [-0.3, -0.25) is 4.79 Å². The Morgan fingerprint density at radius 1 is 1.21 bits per heavy atom. The molecule has 1 heterocycles. The molecule has 0 atom stereocenters. The van der Waals surface area contributed by atoms with Crippen LogP contribution in [0.15, 0.2) is 51.5 Å². The molecule has 1 amide bonds. The van der Waals surface area contributed by atoms with Gasteiger partial charge in [-0.05, 0) is 48.9 Å². The summed E-state index contributed by atoms with van der Waals surface area (Å²) >= 11 is 6.03. The van der Waals surface area contributed by atoms with E-state index < -0.39 is 10.0 Å². The van der Waals surface area contributed by atoms with E-state index in [1.165, 1.54) is 24.1 Å². The van der Waals surface area contributed by atoms with Crippen molar-refractivity contribution in [3.05, 3.63) is 52.5 Å². The van der Waals surface area contributed by atoms with Gasteiger partial charge < -0.3 is 9.64 Å². The smallest absolute Gasteiger partial charge is 0.279 e. The van der Waals surface area contributed by atoms with Crippen molar-refractivity contribution >= 4 is 44.6 Å². The highest BCUT2D eigenvalue weighted by molar-refractivity contribution is 7.89. The van der Waals surface area contributed by atoms with Gasteiger partial charge in [0, 0.05) is 17.6 Å². The van der Waals surface area contributed by atoms with Crippen LogP contribution in [0.3, 0.4) is 0 Å². The molecule has 146 valence electrons. The van der Waals surface area contributed by atoms with Crippen molar-refractivity contribution in [2.45, 2.75) is 11.8 Å². The van der Waals surface area contributed by atoms with Crippen LogP contribution in [0.2, 0.25) is 5.02 Å². The van der Waals surface area contributed by atoms with Crippen LogP contribution in [0.4, 0.5) is 5.69 Å². The predicted octanol–water partition coefficient (Wildman–Crippen LogP) is 2.19. The number of rotatable bonds is 4. The molecule has 1 aliphatic heterocycles. The van der Waals surface area contributed by atoms with Gasteiger partial charge in [0.1, 0.15) is 10.6 Å². The number of amides is 1. The molecule has 0 spiro atoms. The molecular formula is C18H17ClN4O4S. The van der Waals surface area contributed by atoms with Crippen molar-refractivity contribution in [1.82, 2.24) is 0 Å². The minimum absolute atomic E-state index is 0.126. The van der Waals surface area contributed by atoms with Crippen LogP contribution in [0, 0.1) is 0 Å². The Kier molecular flexibility index (Phi) is 5.24. The molecule has 0 aliphatic carbocycles. The Hall–Kier alpha value is -2.75. The number of anilines is 1. The molecule has 8 nitrogen and oxygen atoms in total. The molecule has 2 aromatic rings. The molecule has 0 bridgehead atoms. The molecule has 0 fully saturated rings. The summed E-state index contributed by atoms with van der Waals surface area (Å²) in [5.41, 5.74) is 2.28. The van der Waals surface area contributed by atoms with Gasteiger partial charge in [0.25, 0.3) is 5.91 Å². The Labute approximate surface area is 167 Å². The molecule has 0 aromatic heterocycles. The van der Waals surface area contributed by atoms with E-state index in [1.54, 1.807) is 38.2 Å². The third kappa shape index (κ3) is 3.64. The summed E-state index contributed by atoms with van der Waals surface area (Å²) in [5, 5.41) is 13.9. The molecule has 0 saturated carbocycles. The lowest BCUT2D eigenvalue weighted by molar-refractivity contribution is -0.111. The maximum Gasteiger partial charge on any atom is 0.279 e. The van der Waals surface area contributed by atoms with Crippen molar-refractivity contribution in [1.29, 1.82) is 0 Å². The van der Waals surface area contributed by atoms with Crippen molar-refractivity contribution in [3.8, 4) is 5.75 Å². The second-order valence-electron chi connectivity index (χ2n) is 6.07. The van der Waals surface area contributed by atoms with Crippen molar-refractivity contribution in [2.24, 2.45) is 15.3 Å². The Balaban J connectivity index is 2.04. The summed E-state index contributed by atoms with van der Waals surface area (Å²) in [7, 11) is -1.00. The van der Waals surface area contributed by atoms with E-state index in [9.17, 15) is 13.2 Å². The number of sulfonamides is 1. The van der Waals surface area contributed by atoms with Crippen LogP contribution >= 0.6 is 11.6 Å². The van der Waals surface area contributed by atoms with Gasteiger partial charge >= 0.3 is 0 Å². The lowest BCUT2D eigenvalue weighted by Gasteiger charge is -2.08. The fourth-order valence-corrected chi connectivity index (χ4v) is 3.67. The highest BCUT2D eigenvalue weighted by atomic mass is 35.5. The molecule has 10 heteroatoms. The zero-order valence-corrected chi connectivity index (χ0v) is 16.9. The topological polar surface area (TPSA) is 114 Å². The average molecular weight is 421 g/mol. The third-order valence-corrected chi connectivity index (χ3v) is 5.44. The SMILES string of the molecule is COc1ccc(/C(C)=N/N=C2C(=O)N(C)c3ccc(Cl)cc32)cc1S(N)(=O)=O. The maximum atomic E-state index is 12.5. The lowest BCUT2D eigenvalue weighted by Crippen LogP contribution is -2.25. The Bertz CT molecular complexity index is 1140. The molecule has 2 aromatic carbocycles. The molecule has 0 saturated heterocycles. The second-order valence-corrected chi connectivity index (χ2v) is 8.04. The number of hydrogen-bond donors (Lipinski definition) is 1. The number of ether oxygens (including phenoxy) is 1. The van der Waals surface area contributed by atoms with E-state index in [1.807, 2.05) is 0 Å². The zero-order valence-electron chi connectivity index (χ0n) is 15.3. The Morgan fingerprint density at radius 2 is 1.93 bits per heavy atom. The van der Waals surface area contributed by atoms with Crippen LogP contribution < -0.4 is 14.8 Å². The number of methoxy groups -OCH3 is 1. The number of nitrogens with zero attached hydrogens (tertiary/aromatic N) is 3. The molecule has 2 N–H and O–H groups in total. The van der Waals surface area contributed by atoms with Gasteiger partial charge in [0.05, 0.1) is 18.5 Å². The first kappa shape index (κ1) is 20.0. The molecular weight excluding hydrogens is 404 g/mol. The van der Waals surface area contributed by atoms with E-state index >= 15 is 0 Å². The summed E-state index contributed by atoms with van der Waals surface area (Å²) in [5.74, 6) is -0.185. The highest BCUT2D eigenvalue weighted by Crippen LogP contribution is 2.30. The molecule has 3 rings (SSSR count). The first-order valence-electron chi connectivity index (χ1n) is 8.05. The van der Waals surface area contributed by atoms with Crippen molar-refractivity contribution < 1.29 is 17.9 Å². The normalized spacial score (nSPS) is 15.9. The maximum absolute atomic E-state index is 12.5. The van der Waals surface area contributed by atoms with Crippen LogP contribution in [-0.2, 0) is 14.8 Å². The fraction of sp³-hybridized carbons (Fsp3) is 0.167. The summed E-state index contributed by atoms with van der Waals surface area (Å²) in [6.07, 6.45) is 0. The third-order valence-electron chi connectivity index (χ3n) is 4.27. The number of hydrogen-bond acceptors (Lipinski definition) is 6. The van der Waals surface area contributed by atoms with E-state index in [2.05, 4.69) is 10.2 Å². The number of carbonyl (C=O) groups is 1. The number of likely N-dealkylation sites (N-methyl/N-ethyl adjacent to an activating group) is 1. The van der Waals surface area contributed by atoms with Gasteiger partial charge in [-0.2, -0.15) is 5.10 Å². The first-order valence-corrected chi connectivity index (χ1v) is 9.97. The van der Waals surface area contributed by atoms with Gasteiger partial charge in [0.15, 0.2) is 5.71 Å². The zero-order chi connectivity index (χ0) is 20.6. The van der Waals surface area contributed by atoms with Gasteiger partial charge in [-0.1, -0.05) is 11.6 Å². The number of primary sulfonamides is 1. The number of benzene rings is 2. The van der Waals surface area contributed by atoms with E-state index in [0.29, 0.717) is 27.5 Å². The van der Waals surface area contributed by atoms with Crippen LogP contribution in [0.1, 0.15) is 18.1 Å². The van der Waals surface area contributed by atoms with Crippen LogP contribution in [-0.4, -0.2) is 39.9 Å². The average Bonchev–Trinajstić information content (AvgIpc) is 2.88. The van der Waals surface area contributed by atoms with Crippen LogP contribution in [0.25, 0.3) is 0 Å². The summed E-state index contributed by atoms with van der Waals surface area (Å²) < 4.78 is 28.6. The predicted molar refractivity (Wildman–Crippen MR) is 108 cm³/mol. The fourth-order valence-electron chi connectivity index (χ4n) is 2.78. The number of carbonyl (C=O) groups excluding carboxylic acids is 1. The minimum atomic E-state index is -3.98. The molecule has 0 radical (unpaired) electrons. The molecule has 1 aliphatic rings. The van der Waals surface area contributed by atoms with E-state index in [4.69, 9.17) is 21.5 Å².